The van der Waals surface area contributed by atoms with Crippen LogP contribution >= 0.6 is 15.9 Å². The van der Waals surface area contributed by atoms with Crippen molar-refractivity contribution >= 4 is 39.1 Å². The number of hydrogen-bond acceptors (Lipinski definition) is 2. The summed E-state index contributed by atoms with van der Waals surface area (Å²) in [4.78, 5) is 26.6. The third-order valence-electron chi connectivity index (χ3n) is 4.40. The zero-order chi connectivity index (χ0) is 18.0. The Hall–Kier alpha value is -2.14. The number of aryl methyl sites for hydroxylation is 2. The lowest BCUT2D eigenvalue weighted by molar-refractivity contribution is -0.115. The smallest absolute Gasteiger partial charge is 0.258 e. The number of halogens is 1. The first-order valence-electron chi connectivity index (χ1n) is 8.50. The van der Waals surface area contributed by atoms with Crippen LogP contribution in [-0.4, -0.2) is 18.4 Å². The molecule has 3 rings (SSSR count). The van der Waals surface area contributed by atoms with E-state index in [-0.39, 0.29) is 11.8 Å². The van der Waals surface area contributed by atoms with Gasteiger partial charge in [-0.15, -0.1) is 0 Å². The van der Waals surface area contributed by atoms with E-state index in [2.05, 4.69) is 27.3 Å². The quantitative estimate of drug-likeness (QED) is 0.811. The van der Waals surface area contributed by atoms with Gasteiger partial charge in [-0.2, -0.15) is 0 Å². The van der Waals surface area contributed by atoms with Crippen LogP contribution in [0.3, 0.4) is 0 Å². The van der Waals surface area contributed by atoms with E-state index in [0.29, 0.717) is 24.2 Å². The Balaban J connectivity index is 1.93. The van der Waals surface area contributed by atoms with Crippen molar-refractivity contribution in [3.63, 3.8) is 0 Å². The molecule has 1 N–H and O–H groups in total. The van der Waals surface area contributed by atoms with Gasteiger partial charge >= 0.3 is 0 Å². The first-order chi connectivity index (χ1) is 12.0. The molecule has 0 spiro atoms. The summed E-state index contributed by atoms with van der Waals surface area (Å²) in [5.74, 6) is -0.0902. The highest BCUT2D eigenvalue weighted by molar-refractivity contribution is 9.10. The Kier molecular flexibility index (Phi) is 5.23. The van der Waals surface area contributed by atoms with Crippen molar-refractivity contribution < 1.29 is 9.59 Å². The van der Waals surface area contributed by atoms with Gasteiger partial charge in [0.05, 0.1) is 5.69 Å². The van der Waals surface area contributed by atoms with Crippen LogP contribution in [0.2, 0.25) is 0 Å². The highest BCUT2D eigenvalue weighted by atomic mass is 79.9. The summed E-state index contributed by atoms with van der Waals surface area (Å²) in [7, 11) is 0. The molecule has 25 heavy (non-hydrogen) atoms. The van der Waals surface area contributed by atoms with E-state index in [1.54, 1.807) is 31.2 Å². The first kappa shape index (κ1) is 17.7. The maximum absolute atomic E-state index is 13.1. The van der Waals surface area contributed by atoms with Crippen molar-refractivity contribution in [1.29, 1.82) is 0 Å². The molecule has 2 aromatic rings. The highest BCUT2D eigenvalue weighted by Crippen LogP contribution is 2.34. The first-order valence-corrected chi connectivity index (χ1v) is 9.29. The summed E-state index contributed by atoms with van der Waals surface area (Å²) < 4.78 is 1.04. The maximum Gasteiger partial charge on any atom is 0.258 e. The summed E-state index contributed by atoms with van der Waals surface area (Å²) in [6.45, 7) is 4.54. The van der Waals surface area contributed by atoms with Gasteiger partial charge in [0.2, 0.25) is 5.91 Å². The topological polar surface area (TPSA) is 49.4 Å². The second-order valence-corrected chi connectivity index (χ2v) is 7.19. The van der Waals surface area contributed by atoms with Crippen molar-refractivity contribution in [2.75, 3.05) is 16.8 Å². The molecule has 1 heterocycles. The second-order valence-electron chi connectivity index (χ2n) is 6.27. The van der Waals surface area contributed by atoms with Gasteiger partial charge in [-0.3, -0.25) is 9.59 Å². The van der Waals surface area contributed by atoms with Crippen LogP contribution in [0, 0.1) is 6.92 Å². The average molecular weight is 401 g/mol. The molecule has 0 unspecified atom stereocenters. The SMILES string of the molecule is CCC(=O)Nc1cccc(C(=O)N2CCCc3cc(Br)cc(C)c32)c1. The number of nitrogens with zero attached hydrogens (tertiary/aromatic N) is 1. The zero-order valence-electron chi connectivity index (χ0n) is 14.4. The summed E-state index contributed by atoms with van der Waals surface area (Å²) in [6, 6.07) is 11.3. The van der Waals surface area contributed by atoms with Gasteiger partial charge in [0.1, 0.15) is 0 Å². The molecule has 1 aliphatic rings. The van der Waals surface area contributed by atoms with Crippen molar-refractivity contribution in [3.05, 3.63) is 57.6 Å². The molecule has 0 bridgehead atoms. The lowest BCUT2D eigenvalue weighted by atomic mass is 9.97. The Morgan fingerprint density at radius 3 is 2.80 bits per heavy atom. The zero-order valence-corrected chi connectivity index (χ0v) is 16.0. The molecule has 2 aromatic carbocycles. The molecule has 130 valence electrons. The number of fused-ring (bicyclic) bond motifs is 1. The van der Waals surface area contributed by atoms with Gasteiger partial charge in [0, 0.05) is 28.7 Å². The average Bonchev–Trinajstić information content (AvgIpc) is 2.60. The number of rotatable bonds is 3. The minimum absolute atomic E-state index is 0.0287. The van der Waals surface area contributed by atoms with E-state index in [9.17, 15) is 9.59 Å². The Morgan fingerprint density at radius 2 is 2.04 bits per heavy atom. The van der Waals surface area contributed by atoms with Crippen LogP contribution in [0.1, 0.15) is 41.3 Å². The van der Waals surface area contributed by atoms with Gasteiger partial charge < -0.3 is 10.2 Å². The molecular formula is C20H21BrN2O2. The molecule has 1 aliphatic heterocycles. The molecule has 0 aromatic heterocycles. The summed E-state index contributed by atoms with van der Waals surface area (Å²) in [5, 5.41) is 2.81. The molecule has 4 nitrogen and oxygen atoms in total. The third kappa shape index (κ3) is 3.76. The van der Waals surface area contributed by atoms with Gasteiger partial charge in [-0.25, -0.2) is 0 Å². The summed E-state index contributed by atoms with van der Waals surface area (Å²) in [6.07, 6.45) is 2.33. The molecule has 0 atom stereocenters. The monoisotopic (exact) mass is 400 g/mol. The molecular weight excluding hydrogens is 380 g/mol. The highest BCUT2D eigenvalue weighted by Gasteiger charge is 2.25. The Bertz CT molecular complexity index is 832. The molecule has 0 saturated heterocycles. The van der Waals surface area contributed by atoms with Crippen molar-refractivity contribution in [3.8, 4) is 0 Å². The maximum atomic E-state index is 13.1. The molecule has 5 heteroatoms. The summed E-state index contributed by atoms with van der Waals surface area (Å²) in [5.41, 5.74) is 4.55. The number of hydrogen-bond donors (Lipinski definition) is 1. The molecule has 2 amide bonds. The van der Waals surface area contributed by atoms with E-state index in [0.717, 1.165) is 28.6 Å². The predicted octanol–water partition coefficient (Wildman–Crippen LogP) is 4.70. The Morgan fingerprint density at radius 1 is 1.24 bits per heavy atom. The largest absolute Gasteiger partial charge is 0.326 e. The van der Waals surface area contributed by atoms with Crippen LogP contribution in [0.5, 0.6) is 0 Å². The van der Waals surface area contributed by atoms with Gasteiger partial charge in [-0.1, -0.05) is 28.9 Å². The third-order valence-corrected chi connectivity index (χ3v) is 4.86. The molecule has 0 radical (unpaired) electrons. The number of nitrogens with one attached hydrogen (secondary N) is 1. The van der Waals surface area contributed by atoms with Crippen LogP contribution in [0.25, 0.3) is 0 Å². The number of anilines is 2. The van der Waals surface area contributed by atoms with Crippen molar-refractivity contribution in [2.24, 2.45) is 0 Å². The second kappa shape index (κ2) is 7.40. The van der Waals surface area contributed by atoms with E-state index in [1.807, 2.05) is 17.9 Å². The minimum atomic E-state index is -0.0615. The number of carbonyl (C=O) groups is 2. The van der Waals surface area contributed by atoms with Crippen molar-refractivity contribution in [1.82, 2.24) is 0 Å². The van der Waals surface area contributed by atoms with Crippen LogP contribution < -0.4 is 10.2 Å². The fourth-order valence-electron chi connectivity index (χ4n) is 3.26. The fourth-order valence-corrected chi connectivity index (χ4v) is 3.88. The number of amides is 2. The van der Waals surface area contributed by atoms with E-state index in [1.165, 1.54) is 5.56 Å². The lowest BCUT2D eigenvalue weighted by Gasteiger charge is -2.31. The Labute approximate surface area is 156 Å². The number of carbonyl (C=O) groups excluding carboxylic acids is 2. The molecule has 0 saturated carbocycles. The van der Waals surface area contributed by atoms with E-state index < -0.39 is 0 Å². The van der Waals surface area contributed by atoms with Crippen LogP contribution in [0.4, 0.5) is 11.4 Å². The van der Waals surface area contributed by atoms with Gasteiger partial charge in [0.15, 0.2) is 0 Å². The number of benzene rings is 2. The van der Waals surface area contributed by atoms with Crippen molar-refractivity contribution in [2.45, 2.75) is 33.1 Å². The van der Waals surface area contributed by atoms with Crippen LogP contribution in [-0.2, 0) is 11.2 Å². The summed E-state index contributed by atoms with van der Waals surface area (Å²) >= 11 is 3.54. The van der Waals surface area contributed by atoms with Gasteiger partial charge in [-0.05, 0) is 61.2 Å². The van der Waals surface area contributed by atoms with E-state index >= 15 is 0 Å². The van der Waals surface area contributed by atoms with Crippen LogP contribution in [0.15, 0.2) is 40.9 Å². The molecule has 0 aliphatic carbocycles. The predicted molar refractivity (Wildman–Crippen MR) is 104 cm³/mol. The normalized spacial score (nSPS) is 13.3. The standard InChI is InChI=1S/C20H21BrN2O2/c1-3-18(24)22-17-8-4-6-15(12-17)20(25)23-9-5-7-14-11-16(21)10-13(2)19(14)23/h4,6,8,10-12H,3,5,7,9H2,1-2H3,(H,22,24). The van der Waals surface area contributed by atoms with E-state index in [4.69, 9.17) is 0 Å². The lowest BCUT2D eigenvalue weighted by Crippen LogP contribution is -2.36. The molecule has 0 fully saturated rings. The van der Waals surface area contributed by atoms with Gasteiger partial charge in [0.25, 0.3) is 5.91 Å². The fraction of sp³-hybridized carbons (Fsp3) is 0.300. The minimum Gasteiger partial charge on any atom is -0.326 e.